The minimum atomic E-state index is -1.02. The van der Waals surface area contributed by atoms with Gasteiger partial charge in [0.05, 0.1) is 17.5 Å². The fourth-order valence-electron chi connectivity index (χ4n) is 2.19. The molecule has 22 heavy (non-hydrogen) atoms. The van der Waals surface area contributed by atoms with Crippen LogP contribution in [0.2, 0.25) is 0 Å². The molecular formula is C15H16N2O5. The first kappa shape index (κ1) is 15.7. The van der Waals surface area contributed by atoms with E-state index in [1.807, 2.05) is 6.92 Å². The van der Waals surface area contributed by atoms with Crippen molar-refractivity contribution in [2.24, 2.45) is 0 Å². The van der Waals surface area contributed by atoms with E-state index in [9.17, 15) is 19.2 Å². The van der Waals surface area contributed by atoms with Gasteiger partial charge >= 0.3 is 5.97 Å². The molecule has 0 spiro atoms. The summed E-state index contributed by atoms with van der Waals surface area (Å²) in [5.74, 6) is -2.49. The van der Waals surface area contributed by atoms with E-state index in [0.29, 0.717) is 5.56 Å². The number of likely N-dealkylation sites (N-methyl/N-ethyl adjacent to an activating group) is 1. The normalized spacial score (nSPS) is 13.3. The second-order valence-electron chi connectivity index (χ2n) is 5.20. The van der Waals surface area contributed by atoms with Crippen LogP contribution in [0.3, 0.4) is 0 Å². The highest BCUT2D eigenvalue weighted by Crippen LogP contribution is 2.23. The number of nitrogens with zero attached hydrogens (tertiary/aromatic N) is 2. The second kappa shape index (κ2) is 5.97. The number of hydrogen-bond donors (Lipinski definition) is 1. The summed E-state index contributed by atoms with van der Waals surface area (Å²) in [7, 11) is 1.44. The molecule has 0 fully saturated rings. The van der Waals surface area contributed by atoms with Crippen LogP contribution in [0.15, 0.2) is 18.2 Å². The van der Waals surface area contributed by atoms with Crippen molar-refractivity contribution in [1.29, 1.82) is 0 Å². The van der Waals surface area contributed by atoms with Crippen LogP contribution < -0.4 is 0 Å². The molecular weight excluding hydrogens is 288 g/mol. The van der Waals surface area contributed by atoms with Gasteiger partial charge in [-0.1, -0.05) is 11.6 Å². The minimum absolute atomic E-state index is 0.0243. The molecule has 1 heterocycles. The van der Waals surface area contributed by atoms with E-state index < -0.39 is 23.7 Å². The van der Waals surface area contributed by atoms with Crippen LogP contribution in [0.25, 0.3) is 0 Å². The lowest BCUT2D eigenvalue weighted by Crippen LogP contribution is -2.41. The molecule has 0 saturated carbocycles. The van der Waals surface area contributed by atoms with Gasteiger partial charge in [-0.25, -0.2) is 0 Å². The van der Waals surface area contributed by atoms with Gasteiger partial charge in [0, 0.05) is 13.6 Å². The highest BCUT2D eigenvalue weighted by Gasteiger charge is 2.37. The number of carboxylic acids is 1. The molecule has 7 nitrogen and oxygen atoms in total. The zero-order valence-electron chi connectivity index (χ0n) is 12.3. The molecule has 0 aliphatic carbocycles. The Hall–Kier alpha value is -2.70. The third kappa shape index (κ3) is 2.98. The van der Waals surface area contributed by atoms with Crippen molar-refractivity contribution < 1.29 is 24.3 Å². The van der Waals surface area contributed by atoms with Crippen LogP contribution in [0, 0.1) is 6.92 Å². The lowest BCUT2D eigenvalue weighted by molar-refractivity contribution is -0.138. The summed E-state index contributed by atoms with van der Waals surface area (Å²) in [5, 5.41) is 8.60. The van der Waals surface area contributed by atoms with Crippen molar-refractivity contribution in [3.8, 4) is 0 Å². The number of carbonyl (C=O) groups excluding carboxylic acids is 3. The molecule has 116 valence electrons. The molecule has 3 amide bonds. The van der Waals surface area contributed by atoms with Crippen molar-refractivity contribution in [3.63, 3.8) is 0 Å². The first-order valence-corrected chi connectivity index (χ1v) is 6.74. The second-order valence-corrected chi connectivity index (χ2v) is 5.20. The third-order valence-corrected chi connectivity index (χ3v) is 3.51. The van der Waals surface area contributed by atoms with Gasteiger partial charge < -0.3 is 10.0 Å². The Morgan fingerprint density at radius 1 is 1.18 bits per heavy atom. The Morgan fingerprint density at radius 2 is 1.82 bits per heavy atom. The van der Waals surface area contributed by atoms with Crippen LogP contribution in [-0.4, -0.2) is 58.7 Å². The average molecular weight is 304 g/mol. The molecule has 2 rings (SSSR count). The summed E-state index contributed by atoms with van der Waals surface area (Å²) in [6.07, 6.45) is -0.191. The number of fused-ring (bicyclic) bond motifs is 1. The average Bonchev–Trinajstić information content (AvgIpc) is 2.69. The molecule has 0 bridgehead atoms. The van der Waals surface area contributed by atoms with Crippen LogP contribution in [0.5, 0.6) is 0 Å². The number of carbonyl (C=O) groups is 4. The predicted molar refractivity (Wildman–Crippen MR) is 76.4 cm³/mol. The molecule has 1 aromatic carbocycles. The first-order chi connectivity index (χ1) is 10.3. The molecule has 0 aromatic heterocycles. The number of amides is 3. The first-order valence-electron chi connectivity index (χ1n) is 6.74. The quantitative estimate of drug-likeness (QED) is 0.800. The molecule has 0 radical (unpaired) electrons. The number of carboxylic acid groups (broad SMARTS) is 1. The summed E-state index contributed by atoms with van der Waals surface area (Å²) >= 11 is 0. The van der Waals surface area contributed by atoms with Gasteiger partial charge in [-0.15, -0.1) is 0 Å². The minimum Gasteiger partial charge on any atom is -0.481 e. The Morgan fingerprint density at radius 3 is 2.45 bits per heavy atom. The summed E-state index contributed by atoms with van der Waals surface area (Å²) in [5.41, 5.74) is 1.44. The Bertz CT molecular complexity index is 668. The van der Waals surface area contributed by atoms with Crippen molar-refractivity contribution in [2.75, 3.05) is 20.1 Å². The van der Waals surface area contributed by atoms with Crippen molar-refractivity contribution in [1.82, 2.24) is 9.80 Å². The molecule has 7 heteroatoms. The Kier molecular flexibility index (Phi) is 4.25. The van der Waals surface area contributed by atoms with E-state index >= 15 is 0 Å². The largest absolute Gasteiger partial charge is 0.481 e. The van der Waals surface area contributed by atoms with Crippen molar-refractivity contribution in [3.05, 3.63) is 34.9 Å². The Balaban J connectivity index is 2.09. The van der Waals surface area contributed by atoms with Gasteiger partial charge in [0.2, 0.25) is 5.91 Å². The Labute approximate surface area is 127 Å². The lowest BCUT2D eigenvalue weighted by Gasteiger charge is -2.19. The molecule has 1 aliphatic heterocycles. The lowest BCUT2D eigenvalue weighted by atomic mass is 10.1. The fraction of sp³-hybridized carbons (Fsp3) is 0.333. The zero-order valence-corrected chi connectivity index (χ0v) is 12.3. The van der Waals surface area contributed by atoms with Gasteiger partial charge in [-0.05, 0) is 19.1 Å². The van der Waals surface area contributed by atoms with Gasteiger partial charge in [0.1, 0.15) is 6.54 Å². The smallest absolute Gasteiger partial charge is 0.305 e. The van der Waals surface area contributed by atoms with Crippen molar-refractivity contribution >= 4 is 23.7 Å². The van der Waals surface area contributed by atoms with E-state index in [-0.39, 0.29) is 25.1 Å². The molecule has 0 atom stereocenters. The maximum atomic E-state index is 12.2. The molecule has 1 N–H and O–H groups in total. The van der Waals surface area contributed by atoms with Gasteiger partial charge in [-0.3, -0.25) is 24.1 Å². The predicted octanol–water partition coefficient (Wildman–Crippen LogP) is 0.524. The van der Waals surface area contributed by atoms with Gasteiger partial charge in [-0.2, -0.15) is 0 Å². The highest BCUT2D eigenvalue weighted by atomic mass is 16.4. The highest BCUT2D eigenvalue weighted by molar-refractivity contribution is 6.22. The molecule has 0 saturated heterocycles. The number of benzene rings is 1. The van der Waals surface area contributed by atoms with Crippen LogP contribution >= 0.6 is 0 Å². The third-order valence-electron chi connectivity index (χ3n) is 3.51. The van der Waals surface area contributed by atoms with E-state index in [4.69, 9.17) is 5.11 Å². The molecule has 1 aromatic rings. The van der Waals surface area contributed by atoms with Gasteiger partial charge in [0.25, 0.3) is 11.8 Å². The standard InChI is InChI=1S/C15H16N2O5/c1-9-3-4-10-11(7-9)15(22)17(14(10)21)8-12(18)16(2)6-5-13(19)20/h3-4,7H,5-6,8H2,1-2H3,(H,19,20). The van der Waals surface area contributed by atoms with Crippen molar-refractivity contribution in [2.45, 2.75) is 13.3 Å². The fourth-order valence-corrected chi connectivity index (χ4v) is 2.19. The number of aryl methyl sites for hydroxylation is 1. The SMILES string of the molecule is Cc1ccc2c(c1)C(=O)N(CC(=O)N(C)CCC(=O)O)C2=O. The van der Waals surface area contributed by atoms with Gasteiger partial charge in [0.15, 0.2) is 0 Å². The number of rotatable bonds is 5. The van der Waals surface area contributed by atoms with Crippen LogP contribution in [0.1, 0.15) is 32.7 Å². The topological polar surface area (TPSA) is 95.0 Å². The van der Waals surface area contributed by atoms with Crippen LogP contribution in [-0.2, 0) is 9.59 Å². The maximum absolute atomic E-state index is 12.2. The van der Waals surface area contributed by atoms with E-state index in [1.165, 1.54) is 11.9 Å². The molecule has 0 unspecified atom stereocenters. The monoisotopic (exact) mass is 304 g/mol. The zero-order chi connectivity index (χ0) is 16.4. The van der Waals surface area contributed by atoms with E-state index in [0.717, 1.165) is 10.5 Å². The number of aliphatic carboxylic acids is 1. The van der Waals surface area contributed by atoms with Crippen LogP contribution in [0.4, 0.5) is 0 Å². The summed E-state index contributed by atoms with van der Waals surface area (Å²) in [6.45, 7) is 1.45. The van der Waals surface area contributed by atoms with E-state index in [2.05, 4.69) is 0 Å². The summed E-state index contributed by atoms with van der Waals surface area (Å²) < 4.78 is 0. The summed E-state index contributed by atoms with van der Waals surface area (Å²) in [4.78, 5) is 49.0. The maximum Gasteiger partial charge on any atom is 0.305 e. The summed E-state index contributed by atoms with van der Waals surface area (Å²) in [6, 6.07) is 4.92. The van der Waals surface area contributed by atoms with E-state index in [1.54, 1.807) is 18.2 Å². The molecule has 1 aliphatic rings. The number of imide groups is 1. The number of hydrogen-bond acceptors (Lipinski definition) is 4.